The number of thiophene rings is 1. The first-order valence-corrected chi connectivity index (χ1v) is 14.6. The van der Waals surface area contributed by atoms with Crippen molar-refractivity contribution in [2.45, 2.75) is 33.2 Å². The van der Waals surface area contributed by atoms with E-state index in [0.717, 1.165) is 32.3 Å². The van der Waals surface area contributed by atoms with Crippen molar-refractivity contribution in [3.63, 3.8) is 0 Å². The summed E-state index contributed by atoms with van der Waals surface area (Å²) in [5.74, 6) is 11.3. The third-order valence-corrected chi connectivity index (χ3v) is 8.36. The van der Waals surface area contributed by atoms with Gasteiger partial charge in [-0.1, -0.05) is 47.4 Å². The van der Waals surface area contributed by atoms with Gasteiger partial charge in [-0.25, -0.2) is 4.79 Å². The van der Waals surface area contributed by atoms with Gasteiger partial charge in [0.15, 0.2) is 5.82 Å². The molecular weight excluding hydrogens is 619 g/mol. The molecule has 9 nitrogen and oxygen atoms in total. The van der Waals surface area contributed by atoms with Crippen LogP contribution in [0.3, 0.4) is 0 Å². The monoisotopic (exact) mass is 646 g/mol. The molecule has 12 heteroatoms. The molecule has 44 heavy (non-hydrogen) atoms. The molecule has 0 spiro atoms. The van der Waals surface area contributed by atoms with E-state index in [4.69, 9.17) is 22.3 Å². The molecule has 1 amide bonds. The van der Waals surface area contributed by atoms with Crippen molar-refractivity contribution in [1.82, 2.24) is 20.1 Å². The maximum Gasteiger partial charge on any atom is 0.336 e. The van der Waals surface area contributed by atoms with E-state index in [1.54, 1.807) is 23.5 Å². The minimum atomic E-state index is -1.08. The molecule has 0 unspecified atom stereocenters. The predicted octanol–water partition coefficient (Wildman–Crippen LogP) is 4.79. The second-order valence-corrected chi connectivity index (χ2v) is 11.4. The molecule has 0 bridgehead atoms. The summed E-state index contributed by atoms with van der Waals surface area (Å²) in [4.78, 5) is 30.9. The number of aliphatic imine (C=N–C) groups is 1. The van der Waals surface area contributed by atoms with E-state index in [-0.39, 0.29) is 43.4 Å². The summed E-state index contributed by atoms with van der Waals surface area (Å²) in [5, 5.41) is 22.6. The largest absolute Gasteiger partial charge is 0.478 e. The smallest absolute Gasteiger partial charge is 0.336 e. The fraction of sp³-hybridized carbons (Fsp3) is 0.219. The van der Waals surface area contributed by atoms with E-state index in [0.29, 0.717) is 27.8 Å². The molecule has 0 fully saturated rings. The van der Waals surface area contributed by atoms with Crippen LogP contribution in [0.4, 0.5) is 0 Å². The van der Waals surface area contributed by atoms with Crippen molar-refractivity contribution in [3.05, 3.63) is 97.4 Å². The van der Waals surface area contributed by atoms with Crippen LogP contribution in [0.25, 0.3) is 5.00 Å². The SMILES string of the molecule is Cc1sc2c(c1C)C(c1ccc(Cl)cc1)=N[C@@H](CC(=O)NCC#Cc1ccc(C(=O)O)c(C#CCN)c1)c1nnc(C)n1-2.Cl. The highest BCUT2D eigenvalue weighted by Crippen LogP contribution is 2.39. The van der Waals surface area contributed by atoms with Crippen LogP contribution in [0.2, 0.25) is 5.02 Å². The van der Waals surface area contributed by atoms with E-state index in [9.17, 15) is 14.7 Å². The minimum absolute atomic E-state index is 0. The molecular formula is C32H28Cl2N6O3S. The average molecular weight is 648 g/mol. The minimum Gasteiger partial charge on any atom is -0.478 e. The topological polar surface area (TPSA) is 135 Å². The van der Waals surface area contributed by atoms with Crippen LogP contribution in [0.5, 0.6) is 0 Å². The Balaban J connectivity index is 0.00000442. The van der Waals surface area contributed by atoms with Gasteiger partial charge < -0.3 is 16.2 Å². The molecule has 0 aliphatic carbocycles. The second-order valence-electron chi connectivity index (χ2n) is 9.76. The third kappa shape index (κ3) is 6.70. The van der Waals surface area contributed by atoms with E-state index >= 15 is 0 Å². The number of aromatic carboxylic acids is 1. The van der Waals surface area contributed by atoms with Crippen molar-refractivity contribution >= 4 is 52.9 Å². The summed E-state index contributed by atoms with van der Waals surface area (Å²) in [6, 6.07) is 11.6. The fourth-order valence-electron chi connectivity index (χ4n) is 4.73. The van der Waals surface area contributed by atoms with Crippen LogP contribution in [-0.4, -0.2) is 50.5 Å². The van der Waals surface area contributed by atoms with Crippen molar-refractivity contribution in [2.75, 3.05) is 13.1 Å². The zero-order chi connectivity index (χ0) is 30.7. The summed E-state index contributed by atoms with van der Waals surface area (Å²) in [6.45, 7) is 6.23. The number of benzene rings is 2. The number of hydrogen-bond donors (Lipinski definition) is 3. The lowest BCUT2D eigenvalue weighted by Gasteiger charge is -2.12. The Bertz CT molecular complexity index is 1910. The number of nitrogens with two attached hydrogens (primary N) is 1. The number of carboxylic acid groups (broad SMARTS) is 1. The third-order valence-electron chi connectivity index (χ3n) is 6.92. The molecule has 3 heterocycles. The zero-order valence-electron chi connectivity index (χ0n) is 24.1. The maximum atomic E-state index is 13.1. The number of rotatable bonds is 5. The van der Waals surface area contributed by atoms with Gasteiger partial charge in [-0.15, -0.1) is 33.9 Å². The second kappa shape index (κ2) is 13.9. The molecule has 1 atom stereocenters. The van der Waals surface area contributed by atoms with Crippen molar-refractivity contribution in [3.8, 4) is 28.7 Å². The number of nitrogens with zero attached hydrogens (tertiary/aromatic N) is 4. The summed E-state index contributed by atoms with van der Waals surface area (Å²) in [7, 11) is 0. The molecule has 0 radical (unpaired) electrons. The number of nitrogens with one attached hydrogen (secondary N) is 1. The molecule has 2 aromatic carbocycles. The van der Waals surface area contributed by atoms with Crippen molar-refractivity contribution in [1.29, 1.82) is 0 Å². The van der Waals surface area contributed by atoms with Crippen LogP contribution >= 0.6 is 35.3 Å². The molecule has 2 aromatic heterocycles. The number of carbonyl (C=O) groups excluding carboxylic acids is 1. The number of hydrogen-bond acceptors (Lipinski definition) is 7. The van der Waals surface area contributed by atoms with Crippen LogP contribution in [0.15, 0.2) is 47.5 Å². The fourth-order valence-corrected chi connectivity index (χ4v) is 6.07. The summed E-state index contributed by atoms with van der Waals surface area (Å²) >= 11 is 7.83. The number of aromatic nitrogens is 3. The Hall–Kier alpha value is -4.45. The summed E-state index contributed by atoms with van der Waals surface area (Å²) in [5.41, 5.74) is 10.2. The Morgan fingerprint density at radius 2 is 1.84 bits per heavy atom. The predicted molar refractivity (Wildman–Crippen MR) is 174 cm³/mol. The van der Waals surface area contributed by atoms with Crippen molar-refractivity contribution in [2.24, 2.45) is 10.7 Å². The Labute approximate surface area is 270 Å². The highest BCUT2D eigenvalue weighted by Gasteiger charge is 2.32. The van der Waals surface area contributed by atoms with Gasteiger partial charge in [-0.05, 0) is 56.7 Å². The number of carboxylic acids is 1. The van der Waals surface area contributed by atoms with Gasteiger partial charge in [-0.2, -0.15) is 0 Å². The molecule has 1 aliphatic heterocycles. The highest BCUT2D eigenvalue weighted by molar-refractivity contribution is 7.15. The number of carbonyl (C=O) groups is 2. The first kappa shape index (κ1) is 32.5. The maximum absolute atomic E-state index is 13.1. The Morgan fingerprint density at radius 3 is 2.55 bits per heavy atom. The van der Waals surface area contributed by atoms with Gasteiger partial charge in [-0.3, -0.25) is 14.4 Å². The van der Waals surface area contributed by atoms with Gasteiger partial charge in [0.1, 0.15) is 16.9 Å². The summed E-state index contributed by atoms with van der Waals surface area (Å²) in [6.07, 6.45) is 0.0377. The van der Waals surface area contributed by atoms with Gasteiger partial charge in [0.25, 0.3) is 0 Å². The molecule has 4 N–H and O–H groups in total. The summed E-state index contributed by atoms with van der Waals surface area (Å²) < 4.78 is 2.00. The lowest BCUT2D eigenvalue weighted by molar-refractivity contribution is -0.121. The van der Waals surface area contributed by atoms with Gasteiger partial charge in [0.05, 0.1) is 30.8 Å². The first-order chi connectivity index (χ1) is 20.7. The molecule has 0 saturated carbocycles. The standard InChI is InChI=1S/C32H27ClN6O3S.ClH/c1-18-19(2)43-31-28(18)29(22-9-11-24(33)12-10-22)36-26(30-38-37-20(3)39(30)31)17-27(40)35-15-5-6-21-8-13-25(32(41)42)23(16-21)7-4-14-34;/h8-13,16,26H,14-15,17,34H2,1-3H3,(H,35,40)(H,41,42);1H/t26-;/m0./s1. The number of aryl methyl sites for hydroxylation is 2. The molecule has 5 rings (SSSR count). The first-order valence-electron chi connectivity index (χ1n) is 13.4. The number of fused-ring (bicyclic) bond motifs is 3. The van der Waals surface area contributed by atoms with Crippen LogP contribution in [0.1, 0.15) is 67.2 Å². The van der Waals surface area contributed by atoms with Gasteiger partial charge in [0.2, 0.25) is 5.91 Å². The van der Waals surface area contributed by atoms with Gasteiger partial charge >= 0.3 is 5.97 Å². The van der Waals surface area contributed by atoms with E-state index in [1.165, 1.54) is 6.07 Å². The highest BCUT2D eigenvalue weighted by atomic mass is 35.5. The quantitative estimate of drug-likeness (QED) is 0.267. The molecule has 4 aromatic rings. The number of amides is 1. The molecule has 224 valence electrons. The normalized spacial score (nSPS) is 13.0. The van der Waals surface area contributed by atoms with Crippen LogP contribution in [-0.2, 0) is 4.79 Å². The molecule has 0 saturated heterocycles. The van der Waals surface area contributed by atoms with E-state index in [2.05, 4.69) is 53.0 Å². The van der Waals surface area contributed by atoms with E-state index < -0.39 is 12.0 Å². The lowest BCUT2D eigenvalue weighted by atomic mass is 9.99. The zero-order valence-corrected chi connectivity index (χ0v) is 26.5. The number of halogens is 2. The van der Waals surface area contributed by atoms with Crippen LogP contribution in [0, 0.1) is 44.5 Å². The Morgan fingerprint density at radius 1 is 1.09 bits per heavy atom. The van der Waals surface area contributed by atoms with Crippen LogP contribution < -0.4 is 11.1 Å². The average Bonchev–Trinajstić information content (AvgIpc) is 3.46. The lowest BCUT2D eigenvalue weighted by Crippen LogP contribution is -2.25. The Kier molecular flexibility index (Phi) is 10.3. The van der Waals surface area contributed by atoms with E-state index in [1.807, 2.05) is 35.8 Å². The molecule has 1 aliphatic rings. The van der Waals surface area contributed by atoms with Gasteiger partial charge in [0, 0.05) is 32.2 Å². The van der Waals surface area contributed by atoms with Crippen molar-refractivity contribution < 1.29 is 14.7 Å².